The van der Waals surface area contributed by atoms with Crippen molar-refractivity contribution in [3.63, 3.8) is 0 Å². The third-order valence-electron chi connectivity index (χ3n) is 4.00. The molecule has 142 valence electrons. The summed E-state index contributed by atoms with van der Waals surface area (Å²) < 4.78 is 24.1. The smallest absolute Gasteiger partial charge is 0.258 e. The number of hydrogen-bond donors (Lipinski definition) is 1. The fourth-order valence-corrected chi connectivity index (χ4v) is 2.57. The molecule has 1 unspecified atom stereocenters. The van der Waals surface area contributed by atoms with Crippen molar-refractivity contribution in [3.8, 4) is 17.6 Å². The Morgan fingerprint density at radius 3 is 2.67 bits per heavy atom. The molecule has 0 saturated heterocycles. The topological polar surface area (TPSA) is 74.6 Å². The number of likely N-dealkylation sites (N-methyl/N-ethyl adjacent to an activating group) is 1. The van der Waals surface area contributed by atoms with Crippen molar-refractivity contribution in [1.29, 1.82) is 5.26 Å². The Balaban J connectivity index is 1.94. The number of halogens is 1. The number of rotatable bonds is 8. The number of benzene rings is 2. The van der Waals surface area contributed by atoms with Crippen LogP contribution in [0.15, 0.2) is 42.5 Å². The second kappa shape index (κ2) is 9.55. The summed E-state index contributed by atoms with van der Waals surface area (Å²) in [5, 5.41) is 11.7. The van der Waals surface area contributed by atoms with Gasteiger partial charge in [-0.15, -0.1) is 0 Å². The summed E-state index contributed by atoms with van der Waals surface area (Å²) in [7, 11) is 5.18. The number of ether oxygens (including phenoxy) is 2. The summed E-state index contributed by atoms with van der Waals surface area (Å²) in [5.41, 5.74) is 1.21. The number of hydrogen-bond acceptors (Lipinski definition) is 5. The summed E-state index contributed by atoms with van der Waals surface area (Å²) >= 11 is 0. The average molecular weight is 371 g/mol. The maximum atomic E-state index is 13.5. The first kappa shape index (κ1) is 20.2. The molecule has 6 nitrogen and oxygen atoms in total. The van der Waals surface area contributed by atoms with Crippen LogP contribution in [0, 0.1) is 17.1 Å². The predicted octanol–water partition coefficient (Wildman–Crippen LogP) is 2.50. The number of methoxy groups -OCH3 is 1. The highest BCUT2D eigenvalue weighted by Crippen LogP contribution is 2.27. The van der Waals surface area contributed by atoms with Gasteiger partial charge in [0.15, 0.2) is 18.1 Å². The minimum Gasteiger partial charge on any atom is -0.493 e. The second-order valence-corrected chi connectivity index (χ2v) is 6.10. The zero-order valence-corrected chi connectivity index (χ0v) is 15.5. The molecule has 0 aliphatic rings. The molecule has 2 aromatic carbocycles. The van der Waals surface area contributed by atoms with E-state index >= 15 is 0 Å². The third-order valence-corrected chi connectivity index (χ3v) is 4.00. The van der Waals surface area contributed by atoms with Crippen LogP contribution in [-0.4, -0.2) is 45.2 Å². The van der Waals surface area contributed by atoms with Crippen LogP contribution in [0.3, 0.4) is 0 Å². The van der Waals surface area contributed by atoms with Gasteiger partial charge in [0.05, 0.1) is 24.8 Å². The third kappa shape index (κ3) is 5.69. The zero-order chi connectivity index (χ0) is 19.8. The molecular weight excluding hydrogens is 349 g/mol. The fourth-order valence-electron chi connectivity index (χ4n) is 2.57. The normalized spacial score (nSPS) is 11.6. The monoisotopic (exact) mass is 371 g/mol. The van der Waals surface area contributed by atoms with E-state index < -0.39 is 0 Å². The molecule has 0 aliphatic heterocycles. The highest BCUT2D eigenvalue weighted by Gasteiger charge is 2.16. The van der Waals surface area contributed by atoms with E-state index in [-0.39, 0.29) is 24.4 Å². The molecular formula is C20H22FN3O3. The molecule has 0 bridgehead atoms. The average Bonchev–Trinajstić information content (AvgIpc) is 2.66. The lowest BCUT2D eigenvalue weighted by Gasteiger charge is -2.25. The van der Waals surface area contributed by atoms with Gasteiger partial charge in [-0.1, -0.05) is 12.1 Å². The van der Waals surface area contributed by atoms with Crippen LogP contribution in [0.4, 0.5) is 4.39 Å². The zero-order valence-electron chi connectivity index (χ0n) is 15.5. The highest BCUT2D eigenvalue weighted by atomic mass is 19.1. The Morgan fingerprint density at radius 1 is 1.26 bits per heavy atom. The number of carbonyl (C=O) groups excluding carboxylic acids is 1. The van der Waals surface area contributed by atoms with Crippen LogP contribution in [0.25, 0.3) is 0 Å². The highest BCUT2D eigenvalue weighted by molar-refractivity contribution is 5.77. The quantitative estimate of drug-likeness (QED) is 0.772. The van der Waals surface area contributed by atoms with Crippen LogP contribution in [-0.2, 0) is 4.79 Å². The van der Waals surface area contributed by atoms with Gasteiger partial charge in [0.2, 0.25) is 0 Å². The van der Waals surface area contributed by atoms with Crippen LogP contribution < -0.4 is 14.8 Å². The Morgan fingerprint density at radius 2 is 2.04 bits per heavy atom. The molecule has 27 heavy (non-hydrogen) atoms. The van der Waals surface area contributed by atoms with Gasteiger partial charge in [-0.2, -0.15) is 5.26 Å². The van der Waals surface area contributed by atoms with Gasteiger partial charge >= 0.3 is 0 Å². The minimum atomic E-state index is -0.318. The molecule has 1 atom stereocenters. The maximum Gasteiger partial charge on any atom is 0.258 e. The van der Waals surface area contributed by atoms with Gasteiger partial charge in [-0.25, -0.2) is 4.39 Å². The molecule has 2 rings (SSSR count). The van der Waals surface area contributed by atoms with Gasteiger partial charge in [0.1, 0.15) is 5.82 Å². The van der Waals surface area contributed by atoms with Crippen molar-refractivity contribution in [2.45, 2.75) is 6.04 Å². The molecule has 0 spiro atoms. The summed E-state index contributed by atoms with van der Waals surface area (Å²) in [5.74, 6) is 0.125. The van der Waals surface area contributed by atoms with Crippen molar-refractivity contribution in [2.75, 3.05) is 34.4 Å². The summed E-state index contributed by atoms with van der Waals surface area (Å²) in [6.07, 6.45) is 0. The van der Waals surface area contributed by atoms with E-state index in [9.17, 15) is 9.18 Å². The van der Waals surface area contributed by atoms with Crippen molar-refractivity contribution in [3.05, 3.63) is 59.4 Å². The molecule has 0 radical (unpaired) electrons. The van der Waals surface area contributed by atoms with Crippen molar-refractivity contribution in [1.82, 2.24) is 10.2 Å². The van der Waals surface area contributed by atoms with E-state index in [2.05, 4.69) is 5.32 Å². The van der Waals surface area contributed by atoms with Gasteiger partial charge in [0.25, 0.3) is 5.91 Å². The van der Waals surface area contributed by atoms with Crippen molar-refractivity contribution < 1.29 is 18.7 Å². The SMILES string of the molecule is COc1cc(C#N)ccc1OCC(=O)NCC(c1cccc(F)c1)N(C)C. The maximum absolute atomic E-state index is 13.5. The lowest BCUT2D eigenvalue weighted by Crippen LogP contribution is -2.36. The van der Waals surface area contributed by atoms with E-state index in [1.807, 2.05) is 31.1 Å². The number of nitrogens with one attached hydrogen (secondary N) is 1. The number of nitriles is 1. The number of amides is 1. The first-order valence-corrected chi connectivity index (χ1v) is 8.34. The Hall–Kier alpha value is -3.11. The molecule has 0 aromatic heterocycles. The van der Waals surface area contributed by atoms with E-state index in [1.165, 1.54) is 19.2 Å². The standard InChI is InChI=1S/C20H22FN3O3/c1-24(2)17(15-5-4-6-16(21)10-15)12-23-20(25)13-27-18-8-7-14(11-22)9-19(18)26-3/h4-10,17H,12-13H2,1-3H3,(H,23,25). The number of nitrogens with zero attached hydrogens (tertiary/aromatic N) is 2. The fraction of sp³-hybridized carbons (Fsp3) is 0.300. The summed E-state index contributed by atoms with van der Waals surface area (Å²) in [6.45, 7) is 0.106. The number of carbonyl (C=O) groups is 1. The molecule has 1 N–H and O–H groups in total. The second-order valence-electron chi connectivity index (χ2n) is 6.10. The van der Waals surface area contributed by atoms with Gasteiger partial charge in [-0.05, 0) is 43.9 Å². The Labute approximate surface area is 158 Å². The molecule has 2 aromatic rings. The van der Waals surface area contributed by atoms with Gasteiger partial charge < -0.3 is 19.7 Å². The van der Waals surface area contributed by atoms with Crippen molar-refractivity contribution in [2.24, 2.45) is 0 Å². The molecule has 7 heteroatoms. The first-order chi connectivity index (χ1) is 12.9. The van der Waals surface area contributed by atoms with Crippen LogP contribution in [0.5, 0.6) is 11.5 Å². The van der Waals surface area contributed by atoms with Crippen LogP contribution >= 0.6 is 0 Å². The van der Waals surface area contributed by atoms with Gasteiger partial charge in [-0.3, -0.25) is 4.79 Å². The Kier molecular flexibility index (Phi) is 7.15. The summed E-state index contributed by atoms with van der Waals surface area (Å²) in [4.78, 5) is 14.0. The van der Waals surface area contributed by atoms with Crippen LogP contribution in [0.1, 0.15) is 17.2 Å². The van der Waals surface area contributed by atoms with E-state index in [0.717, 1.165) is 5.56 Å². The predicted molar refractivity (Wildman–Crippen MR) is 99.0 cm³/mol. The lowest BCUT2D eigenvalue weighted by atomic mass is 10.1. The van der Waals surface area contributed by atoms with E-state index in [4.69, 9.17) is 14.7 Å². The van der Waals surface area contributed by atoms with E-state index in [1.54, 1.807) is 24.3 Å². The lowest BCUT2D eigenvalue weighted by molar-refractivity contribution is -0.123. The molecule has 0 fully saturated rings. The summed E-state index contributed by atoms with van der Waals surface area (Å²) in [6, 6.07) is 12.8. The van der Waals surface area contributed by atoms with E-state index in [0.29, 0.717) is 23.6 Å². The molecule has 1 amide bonds. The Bertz CT molecular complexity index is 833. The molecule has 0 saturated carbocycles. The van der Waals surface area contributed by atoms with Gasteiger partial charge in [0, 0.05) is 12.6 Å². The molecule has 0 aliphatic carbocycles. The molecule has 0 heterocycles. The largest absolute Gasteiger partial charge is 0.493 e. The minimum absolute atomic E-state index is 0.172. The first-order valence-electron chi connectivity index (χ1n) is 8.34. The van der Waals surface area contributed by atoms with Crippen molar-refractivity contribution >= 4 is 5.91 Å². The van der Waals surface area contributed by atoms with Crippen LogP contribution in [0.2, 0.25) is 0 Å².